The van der Waals surface area contributed by atoms with Crippen molar-refractivity contribution in [2.45, 2.75) is 32.6 Å². The topological polar surface area (TPSA) is 43.7 Å². The average molecular weight is 189 g/mol. The van der Waals surface area contributed by atoms with Crippen molar-refractivity contribution in [3.63, 3.8) is 0 Å². The van der Waals surface area contributed by atoms with E-state index in [9.17, 15) is 0 Å². The Hall–Kier alpha value is -0.120. The second kappa shape index (κ2) is 9.96. The zero-order valence-electron chi connectivity index (χ0n) is 8.71. The quantitative estimate of drug-likeness (QED) is 0.565. The third-order valence-corrected chi connectivity index (χ3v) is 2.09. The van der Waals surface area contributed by atoms with E-state index in [2.05, 4.69) is 11.8 Å². The van der Waals surface area contributed by atoms with Crippen LogP contribution < -0.4 is 0 Å². The number of unbranched alkanes of at least 4 members (excludes halogenated alkanes) is 1. The lowest BCUT2D eigenvalue weighted by Crippen LogP contribution is -2.28. The highest BCUT2D eigenvalue weighted by Gasteiger charge is 2.02. The van der Waals surface area contributed by atoms with Gasteiger partial charge in [0.1, 0.15) is 0 Å². The van der Waals surface area contributed by atoms with Crippen LogP contribution in [0.15, 0.2) is 0 Å². The standard InChI is InChI=1S/C10H23NO2/c1-2-3-6-11(7-4-9-12)8-5-10-13/h12-13H,2-10H2,1H3. The molecule has 0 aromatic rings. The number of hydrogen-bond acceptors (Lipinski definition) is 3. The summed E-state index contributed by atoms with van der Waals surface area (Å²) in [6.07, 6.45) is 4.09. The van der Waals surface area contributed by atoms with Crippen LogP contribution in [0.2, 0.25) is 0 Å². The Labute approximate surface area is 81.4 Å². The molecular weight excluding hydrogens is 166 g/mol. The predicted molar refractivity (Wildman–Crippen MR) is 54.8 cm³/mol. The molecule has 0 aliphatic heterocycles. The molecule has 0 aromatic carbocycles. The van der Waals surface area contributed by atoms with Crippen LogP contribution in [0.25, 0.3) is 0 Å². The second-order valence-corrected chi connectivity index (χ2v) is 3.35. The van der Waals surface area contributed by atoms with Gasteiger partial charge in [0.25, 0.3) is 0 Å². The third kappa shape index (κ3) is 8.22. The molecule has 13 heavy (non-hydrogen) atoms. The summed E-state index contributed by atoms with van der Waals surface area (Å²) >= 11 is 0. The molecule has 80 valence electrons. The van der Waals surface area contributed by atoms with Crippen molar-refractivity contribution in [1.29, 1.82) is 0 Å². The van der Waals surface area contributed by atoms with Gasteiger partial charge in [0.05, 0.1) is 0 Å². The third-order valence-electron chi connectivity index (χ3n) is 2.09. The molecule has 0 bridgehead atoms. The van der Waals surface area contributed by atoms with Gasteiger partial charge in [-0.25, -0.2) is 0 Å². The number of rotatable bonds is 9. The molecule has 0 unspecified atom stereocenters. The Kier molecular flexibility index (Phi) is 9.87. The summed E-state index contributed by atoms with van der Waals surface area (Å²) in [5.41, 5.74) is 0. The molecule has 0 rings (SSSR count). The fourth-order valence-corrected chi connectivity index (χ4v) is 1.31. The molecule has 0 aliphatic carbocycles. The van der Waals surface area contributed by atoms with Crippen LogP contribution in [0.1, 0.15) is 32.6 Å². The van der Waals surface area contributed by atoms with Crippen molar-refractivity contribution in [3.05, 3.63) is 0 Å². The van der Waals surface area contributed by atoms with Crippen molar-refractivity contribution in [3.8, 4) is 0 Å². The Morgan fingerprint density at radius 3 is 1.69 bits per heavy atom. The van der Waals surface area contributed by atoms with Gasteiger partial charge in [-0.3, -0.25) is 0 Å². The van der Waals surface area contributed by atoms with E-state index in [1.807, 2.05) is 0 Å². The van der Waals surface area contributed by atoms with Crippen molar-refractivity contribution in [2.24, 2.45) is 0 Å². The summed E-state index contributed by atoms with van der Waals surface area (Å²) in [6, 6.07) is 0. The smallest absolute Gasteiger partial charge is 0.0443 e. The summed E-state index contributed by atoms with van der Waals surface area (Å²) in [5, 5.41) is 17.4. The van der Waals surface area contributed by atoms with E-state index in [1.165, 1.54) is 12.8 Å². The molecule has 0 atom stereocenters. The van der Waals surface area contributed by atoms with E-state index < -0.39 is 0 Å². The predicted octanol–water partition coefficient (Wildman–Crippen LogP) is 0.853. The maximum absolute atomic E-state index is 8.69. The van der Waals surface area contributed by atoms with Gasteiger partial charge >= 0.3 is 0 Å². The van der Waals surface area contributed by atoms with Gasteiger partial charge in [-0.1, -0.05) is 13.3 Å². The van der Waals surface area contributed by atoms with Crippen molar-refractivity contribution in [1.82, 2.24) is 4.90 Å². The Balaban J connectivity index is 3.47. The van der Waals surface area contributed by atoms with E-state index in [4.69, 9.17) is 10.2 Å². The minimum absolute atomic E-state index is 0.266. The van der Waals surface area contributed by atoms with Gasteiger partial charge in [0, 0.05) is 26.3 Å². The van der Waals surface area contributed by atoms with Crippen LogP contribution >= 0.6 is 0 Å². The zero-order chi connectivity index (χ0) is 9.94. The number of nitrogens with zero attached hydrogens (tertiary/aromatic N) is 1. The van der Waals surface area contributed by atoms with Gasteiger partial charge in [-0.15, -0.1) is 0 Å². The van der Waals surface area contributed by atoms with Crippen LogP contribution in [0.3, 0.4) is 0 Å². The van der Waals surface area contributed by atoms with E-state index in [-0.39, 0.29) is 13.2 Å². The molecule has 3 nitrogen and oxygen atoms in total. The molecule has 0 saturated carbocycles. The van der Waals surface area contributed by atoms with Crippen LogP contribution in [0, 0.1) is 0 Å². The molecule has 3 heteroatoms. The first-order valence-electron chi connectivity index (χ1n) is 5.29. The van der Waals surface area contributed by atoms with Crippen LogP contribution in [0.4, 0.5) is 0 Å². The highest BCUT2D eigenvalue weighted by molar-refractivity contribution is 4.57. The average Bonchev–Trinajstić information content (AvgIpc) is 2.17. The fourth-order valence-electron chi connectivity index (χ4n) is 1.31. The van der Waals surface area contributed by atoms with Gasteiger partial charge in [0.2, 0.25) is 0 Å². The molecular formula is C10H23NO2. The minimum Gasteiger partial charge on any atom is -0.396 e. The van der Waals surface area contributed by atoms with Gasteiger partial charge in [0.15, 0.2) is 0 Å². The van der Waals surface area contributed by atoms with Gasteiger partial charge in [-0.05, 0) is 25.8 Å². The molecule has 0 aromatic heterocycles. The van der Waals surface area contributed by atoms with Crippen LogP contribution in [-0.2, 0) is 0 Å². The zero-order valence-corrected chi connectivity index (χ0v) is 8.71. The lowest BCUT2D eigenvalue weighted by atomic mass is 10.3. The molecule has 0 saturated heterocycles. The highest BCUT2D eigenvalue weighted by Crippen LogP contribution is 1.98. The molecule has 2 N–H and O–H groups in total. The van der Waals surface area contributed by atoms with E-state index in [0.717, 1.165) is 32.5 Å². The number of aliphatic hydroxyl groups is 2. The summed E-state index contributed by atoms with van der Waals surface area (Å²) in [7, 11) is 0. The van der Waals surface area contributed by atoms with Crippen LogP contribution in [0.5, 0.6) is 0 Å². The van der Waals surface area contributed by atoms with Crippen molar-refractivity contribution in [2.75, 3.05) is 32.8 Å². The summed E-state index contributed by atoms with van der Waals surface area (Å²) < 4.78 is 0. The summed E-state index contributed by atoms with van der Waals surface area (Å²) in [5.74, 6) is 0. The number of hydrogen-bond donors (Lipinski definition) is 2. The first-order chi connectivity index (χ1) is 6.35. The second-order valence-electron chi connectivity index (χ2n) is 3.35. The van der Waals surface area contributed by atoms with E-state index >= 15 is 0 Å². The fraction of sp³-hybridized carbons (Fsp3) is 1.00. The van der Waals surface area contributed by atoms with Crippen LogP contribution in [-0.4, -0.2) is 48.0 Å². The molecule has 0 fully saturated rings. The summed E-state index contributed by atoms with van der Waals surface area (Å²) in [4.78, 5) is 2.32. The highest BCUT2D eigenvalue weighted by atomic mass is 16.3. The lowest BCUT2D eigenvalue weighted by Gasteiger charge is -2.20. The van der Waals surface area contributed by atoms with Gasteiger partial charge < -0.3 is 15.1 Å². The maximum atomic E-state index is 8.69. The largest absolute Gasteiger partial charge is 0.396 e. The van der Waals surface area contributed by atoms with Crippen molar-refractivity contribution < 1.29 is 10.2 Å². The van der Waals surface area contributed by atoms with E-state index in [1.54, 1.807) is 0 Å². The molecule has 0 spiro atoms. The first-order valence-corrected chi connectivity index (χ1v) is 5.29. The SMILES string of the molecule is CCCCN(CCCO)CCCO. The number of aliphatic hydroxyl groups excluding tert-OH is 2. The van der Waals surface area contributed by atoms with Gasteiger partial charge in [-0.2, -0.15) is 0 Å². The monoisotopic (exact) mass is 189 g/mol. The van der Waals surface area contributed by atoms with Crippen molar-refractivity contribution >= 4 is 0 Å². The lowest BCUT2D eigenvalue weighted by molar-refractivity contribution is 0.200. The molecule has 0 radical (unpaired) electrons. The van der Waals surface area contributed by atoms with E-state index in [0.29, 0.717) is 0 Å². The molecule has 0 aliphatic rings. The normalized spacial score (nSPS) is 11.1. The Morgan fingerprint density at radius 2 is 1.31 bits per heavy atom. The Morgan fingerprint density at radius 1 is 0.846 bits per heavy atom. The maximum Gasteiger partial charge on any atom is 0.0443 e. The minimum atomic E-state index is 0.266. The summed E-state index contributed by atoms with van der Waals surface area (Å²) in [6.45, 7) is 5.71. The Bertz CT molecular complexity index is 79.9. The molecule has 0 heterocycles. The first kappa shape index (κ1) is 12.9. The molecule has 0 amide bonds.